The van der Waals surface area contributed by atoms with Crippen molar-refractivity contribution < 1.29 is 23.8 Å². The summed E-state index contributed by atoms with van der Waals surface area (Å²) in [5.74, 6) is 1.72. The van der Waals surface area contributed by atoms with Gasteiger partial charge < -0.3 is 34.2 Å². The van der Waals surface area contributed by atoms with E-state index in [-0.39, 0.29) is 12.0 Å². The van der Waals surface area contributed by atoms with E-state index < -0.39 is 5.60 Å². The zero-order valence-electron chi connectivity index (χ0n) is 24.4. The van der Waals surface area contributed by atoms with Crippen LogP contribution in [0.1, 0.15) is 42.3 Å². The highest BCUT2D eigenvalue weighted by Gasteiger charge is 2.33. The largest absolute Gasteiger partial charge is 0.497 e. The number of ether oxygens (including phenoxy) is 3. The highest BCUT2D eigenvalue weighted by atomic mass is 35.5. The van der Waals surface area contributed by atoms with Gasteiger partial charge in [0, 0.05) is 49.9 Å². The number of amides is 2. The number of methoxy groups -OCH3 is 2. The Morgan fingerprint density at radius 1 is 1.02 bits per heavy atom. The molecule has 42 heavy (non-hydrogen) atoms. The number of benzene rings is 1. The maximum Gasteiger partial charge on any atom is 0.410 e. The zero-order chi connectivity index (χ0) is 30.0. The molecule has 3 aromatic rings. The first-order chi connectivity index (χ1) is 20.1. The molecule has 2 aliphatic heterocycles. The maximum absolute atomic E-state index is 13.6. The third kappa shape index (κ3) is 6.30. The van der Waals surface area contributed by atoms with Crippen LogP contribution in [0.4, 0.5) is 22.0 Å². The topological polar surface area (TPSA) is 109 Å². The second kappa shape index (κ2) is 11.9. The van der Waals surface area contributed by atoms with Gasteiger partial charge in [-0.15, -0.1) is 0 Å². The van der Waals surface area contributed by atoms with E-state index in [1.807, 2.05) is 45.0 Å². The summed E-state index contributed by atoms with van der Waals surface area (Å²) in [5.41, 5.74) is 2.95. The molecule has 0 unspecified atom stereocenters. The van der Waals surface area contributed by atoms with Gasteiger partial charge in [0.15, 0.2) is 0 Å². The highest BCUT2D eigenvalue weighted by molar-refractivity contribution is 6.31. The van der Waals surface area contributed by atoms with Crippen LogP contribution in [0.2, 0.25) is 5.15 Å². The van der Waals surface area contributed by atoms with Gasteiger partial charge >= 0.3 is 6.09 Å². The van der Waals surface area contributed by atoms with Crippen molar-refractivity contribution >= 4 is 40.8 Å². The van der Waals surface area contributed by atoms with E-state index in [1.165, 1.54) is 0 Å². The second-order valence-electron chi connectivity index (χ2n) is 11.1. The van der Waals surface area contributed by atoms with Crippen molar-refractivity contribution in [1.29, 1.82) is 0 Å². The molecular weight excluding hydrogens is 560 g/mol. The van der Waals surface area contributed by atoms with Crippen LogP contribution in [0, 0.1) is 0 Å². The highest BCUT2D eigenvalue weighted by Crippen LogP contribution is 2.36. The molecule has 1 N–H and O–H groups in total. The van der Waals surface area contributed by atoms with Crippen LogP contribution in [0.3, 0.4) is 0 Å². The second-order valence-corrected chi connectivity index (χ2v) is 11.5. The van der Waals surface area contributed by atoms with Gasteiger partial charge in [0.05, 0.1) is 50.1 Å². The molecule has 2 amide bonds. The molecule has 1 aromatic carbocycles. The Morgan fingerprint density at radius 3 is 2.43 bits per heavy atom. The smallest absolute Gasteiger partial charge is 0.410 e. The van der Waals surface area contributed by atoms with Crippen molar-refractivity contribution in [2.45, 2.75) is 39.5 Å². The Labute approximate surface area is 250 Å². The van der Waals surface area contributed by atoms with E-state index in [0.717, 1.165) is 11.3 Å². The van der Waals surface area contributed by atoms with Gasteiger partial charge in [-0.25, -0.2) is 14.8 Å². The molecule has 5 rings (SSSR count). The van der Waals surface area contributed by atoms with Crippen LogP contribution in [-0.2, 0) is 17.8 Å². The first kappa shape index (κ1) is 29.2. The monoisotopic (exact) mass is 594 g/mol. The SMILES string of the molecule is COc1ccc(CN2Cc3c(Cl)ncc(Nc4ccc(N5CCN(C(=O)OC(C)(C)C)CC5)cn4)c3C2=O)c(OC)c1. The number of aromatic nitrogens is 2. The minimum absolute atomic E-state index is 0.158. The molecule has 0 spiro atoms. The summed E-state index contributed by atoms with van der Waals surface area (Å²) in [6, 6.07) is 9.34. The number of nitrogens with zero attached hydrogens (tertiary/aromatic N) is 5. The Balaban J connectivity index is 1.25. The fourth-order valence-electron chi connectivity index (χ4n) is 5.01. The lowest BCUT2D eigenvalue weighted by molar-refractivity contribution is 0.0240. The van der Waals surface area contributed by atoms with Gasteiger partial charge in [-0.3, -0.25) is 4.79 Å². The quantitative estimate of drug-likeness (QED) is 0.373. The summed E-state index contributed by atoms with van der Waals surface area (Å²) in [7, 11) is 3.18. The third-order valence-corrected chi connectivity index (χ3v) is 7.47. The Bertz CT molecular complexity index is 1470. The van der Waals surface area contributed by atoms with Crippen molar-refractivity contribution in [1.82, 2.24) is 19.8 Å². The number of halogens is 1. The van der Waals surface area contributed by atoms with Crippen LogP contribution in [0.25, 0.3) is 0 Å². The molecule has 1 fully saturated rings. The number of fused-ring (bicyclic) bond motifs is 1. The first-order valence-corrected chi connectivity index (χ1v) is 14.1. The summed E-state index contributed by atoms with van der Waals surface area (Å²) >= 11 is 6.43. The molecule has 1 saturated heterocycles. The van der Waals surface area contributed by atoms with Crippen molar-refractivity contribution in [3.8, 4) is 11.5 Å². The molecule has 222 valence electrons. The Hall–Kier alpha value is -4.25. The van der Waals surface area contributed by atoms with E-state index in [0.29, 0.717) is 78.6 Å². The number of pyridine rings is 2. The molecule has 0 aliphatic carbocycles. The molecule has 0 saturated carbocycles. The number of rotatable bonds is 7. The predicted molar refractivity (Wildman–Crippen MR) is 160 cm³/mol. The number of carbonyl (C=O) groups is 2. The molecule has 0 atom stereocenters. The van der Waals surface area contributed by atoms with E-state index in [4.69, 9.17) is 25.8 Å². The minimum atomic E-state index is -0.520. The molecular formula is C30H35ClN6O5. The molecule has 4 heterocycles. The fourth-order valence-corrected chi connectivity index (χ4v) is 5.21. The van der Waals surface area contributed by atoms with Crippen LogP contribution >= 0.6 is 11.6 Å². The van der Waals surface area contributed by atoms with E-state index in [1.54, 1.807) is 42.5 Å². The van der Waals surface area contributed by atoms with Gasteiger partial charge in [-0.05, 0) is 45.0 Å². The summed E-state index contributed by atoms with van der Waals surface area (Å²) in [6.07, 6.45) is 3.04. The fraction of sp³-hybridized carbons (Fsp3) is 0.400. The van der Waals surface area contributed by atoms with Crippen molar-refractivity contribution in [3.63, 3.8) is 0 Å². The van der Waals surface area contributed by atoms with Gasteiger partial charge in [0.25, 0.3) is 5.91 Å². The van der Waals surface area contributed by atoms with E-state index in [2.05, 4.69) is 20.2 Å². The molecule has 2 aromatic heterocycles. The number of anilines is 3. The standard InChI is InChI=1S/C30H35ClN6O5/c1-30(2,3)42-29(39)36-12-10-35(11-13-36)20-7-9-25(32-15-20)34-23-16-33-27(31)22-18-37(28(38)26(22)23)17-19-6-8-21(40-4)14-24(19)41-5/h6-9,14-16H,10-13,17-18H2,1-5H3,(H,32,34). The summed E-state index contributed by atoms with van der Waals surface area (Å²) in [4.78, 5) is 40.5. The van der Waals surface area contributed by atoms with E-state index in [9.17, 15) is 9.59 Å². The number of nitrogens with one attached hydrogen (secondary N) is 1. The van der Waals surface area contributed by atoms with Crippen LogP contribution in [-0.4, -0.2) is 77.8 Å². The van der Waals surface area contributed by atoms with Gasteiger partial charge in [0.1, 0.15) is 28.1 Å². The molecule has 2 aliphatic rings. The predicted octanol–water partition coefficient (Wildman–Crippen LogP) is 5.10. The van der Waals surface area contributed by atoms with Crippen LogP contribution < -0.4 is 19.7 Å². The normalized spacial score (nSPS) is 15.0. The third-order valence-electron chi connectivity index (χ3n) is 7.14. The van der Waals surface area contributed by atoms with Crippen LogP contribution in [0.5, 0.6) is 11.5 Å². The lowest BCUT2D eigenvalue weighted by atomic mass is 10.1. The van der Waals surface area contributed by atoms with Crippen molar-refractivity contribution in [2.24, 2.45) is 0 Å². The number of hydrogen-bond donors (Lipinski definition) is 1. The number of carbonyl (C=O) groups excluding carboxylic acids is 2. The van der Waals surface area contributed by atoms with Crippen LogP contribution in [0.15, 0.2) is 42.7 Å². The van der Waals surface area contributed by atoms with Gasteiger partial charge in [-0.2, -0.15) is 0 Å². The molecule has 0 radical (unpaired) electrons. The zero-order valence-corrected chi connectivity index (χ0v) is 25.2. The minimum Gasteiger partial charge on any atom is -0.497 e. The van der Waals surface area contributed by atoms with Crippen molar-refractivity contribution in [3.05, 3.63) is 64.6 Å². The lowest BCUT2D eigenvalue weighted by Crippen LogP contribution is -2.50. The molecule has 0 bridgehead atoms. The van der Waals surface area contributed by atoms with Crippen molar-refractivity contribution in [2.75, 3.05) is 50.6 Å². The van der Waals surface area contributed by atoms with Gasteiger partial charge in [-0.1, -0.05) is 11.6 Å². The summed E-state index contributed by atoms with van der Waals surface area (Å²) in [5, 5.41) is 3.54. The molecule has 11 nitrogen and oxygen atoms in total. The maximum atomic E-state index is 13.6. The average molecular weight is 595 g/mol. The number of piperazine rings is 1. The Kier molecular flexibility index (Phi) is 8.31. The van der Waals surface area contributed by atoms with Gasteiger partial charge in [0.2, 0.25) is 0 Å². The summed E-state index contributed by atoms with van der Waals surface area (Å²) in [6.45, 7) is 8.74. The molecule has 12 heteroatoms. The average Bonchev–Trinajstić information content (AvgIpc) is 3.31. The first-order valence-electron chi connectivity index (χ1n) is 13.7. The lowest BCUT2D eigenvalue weighted by Gasteiger charge is -2.36. The number of hydrogen-bond acceptors (Lipinski definition) is 9. The summed E-state index contributed by atoms with van der Waals surface area (Å²) < 4.78 is 16.3. The Morgan fingerprint density at radius 2 is 1.79 bits per heavy atom. The van der Waals surface area contributed by atoms with E-state index >= 15 is 0 Å².